The highest BCUT2D eigenvalue weighted by Gasteiger charge is 2.59. The van der Waals surface area contributed by atoms with Crippen molar-refractivity contribution in [3.8, 4) is 0 Å². The molecule has 0 spiro atoms. The van der Waals surface area contributed by atoms with Crippen molar-refractivity contribution in [3.63, 3.8) is 0 Å². The van der Waals surface area contributed by atoms with E-state index < -0.39 is 0 Å². The molecule has 0 aromatic carbocycles. The fourth-order valence-electron chi connectivity index (χ4n) is 3.94. The van der Waals surface area contributed by atoms with Gasteiger partial charge in [0.1, 0.15) is 6.54 Å². The number of carbonyl (C=O) groups is 3. The minimum atomic E-state index is -0.284. The summed E-state index contributed by atoms with van der Waals surface area (Å²) in [5.41, 5.74) is 0. The summed E-state index contributed by atoms with van der Waals surface area (Å²) in [4.78, 5) is 39.6. The maximum Gasteiger partial charge on any atom is 0.242 e. The summed E-state index contributed by atoms with van der Waals surface area (Å²) < 4.78 is 0. The first-order valence-electron chi connectivity index (χ1n) is 7.50. The summed E-state index contributed by atoms with van der Waals surface area (Å²) in [5.74, 6) is -0.868. The Morgan fingerprint density at radius 1 is 1.29 bits per heavy atom. The second-order valence-electron chi connectivity index (χ2n) is 5.96. The van der Waals surface area contributed by atoms with Crippen LogP contribution in [0.25, 0.3) is 0 Å². The molecule has 0 aromatic rings. The van der Waals surface area contributed by atoms with Crippen LogP contribution < -0.4 is 0 Å². The fraction of sp³-hybridized carbons (Fsp3) is 0.667. The molecule has 1 heterocycles. The topological polar surface area (TPSA) is 77.9 Å². The molecule has 6 heteroatoms. The quantitative estimate of drug-likeness (QED) is 0.554. The number of imide groups is 1. The SMILES string of the molecule is CCN(CCO)C(=O)CN1C(=O)C2C3C=CC(C3)C2C1=O. The number of hydrogen-bond donors (Lipinski definition) is 1. The number of hydrogen-bond acceptors (Lipinski definition) is 4. The summed E-state index contributed by atoms with van der Waals surface area (Å²) in [5, 5.41) is 8.94. The smallest absolute Gasteiger partial charge is 0.242 e. The van der Waals surface area contributed by atoms with Gasteiger partial charge in [-0.1, -0.05) is 12.2 Å². The monoisotopic (exact) mass is 292 g/mol. The van der Waals surface area contributed by atoms with Crippen LogP contribution in [-0.4, -0.2) is 58.9 Å². The standard InChI is InChI=1S/C15H20N2O4/c1-2-16(5-6-18)11(19)8-17-14(20)12-9-3-4-10(7-9)13(12)15(17)21/h3-4,9-10,12-13,18H,2,5-8H2,1H3. The van der Waals surface area contributed by atoms with E-state index >= 15 is 0 Å². The Bertz CT molecular complexity index is 486. The van der Waals surface area contributed by atoms with Crippen molar-refractivity contribution in [1.82, 2.24) is 9.80 Å². The fourth-order valence-corrected chi connectivity index (χ4v) is 3.94. The van der Waals surface area contributed by atoms with Gasteiger partial charge in [0, 0.05) is 13.1 Å². The first-order valence-corrected chi connectivity index (χ1v) is 7.50. The highest BCUT2D eigenvalue weighted by molar-refractivity contribution is 6.08. The number of likely N-dealkylation sites (N-methyl/N-ethyl adjacent to an activating group) is 1. The summed E-state index contributed by atoms with van der Waals surface area (Å²) in [6.07, 6.45) is 4.96. The first-order chi connectivity index (χ1) is 10.1. The second kappa shape index (κ2) is 5.26. The average Bonchev–Trinajstić information content (AvgIpc) is 3.14. The molecular weight excluding hydrogens is 272 g/mol. The third-order valence-electron chi connectivity index (χ3n) is 4.96. The Morgan fingerprint density at radius 3 is 2.33 bits per heavy atom. The van der Waals surface area contributed by atoms with E-state index in [1.165, 1.54) is 4.90 Å². The van der Waals surface area contributed by atoms with Crippen molar-refractivity contribution in [1.29, 1.82) is 0 Å². The van der Waals surface area contributed by atoms with Gasteiger partial charge in [-0.05, 0) is 25.2 Å². The molecule has 4 unspecified atom stereocenters. The molecule has 114 valence electrons. The normalized spacial score (nSPS) is 33.0. The van der Waals surface area contributed by atoms with E-state index in [-0.39, 0.29) is 61.1 Å². The van der Waals surface area contributed by atoms with Gasteiger partial charge in [0.25, 0.3) is 0 Å². The number of likely N-dealkylation sites (tertiary alicyclic amines) is 1. The van der Waals surface area contributed by atoms with E-state index in [9.17, 15) is 14.4 Å². The largest absolute Gasteiger partial charge is 0.395 e. The van der Waals surface area contributed by atoms with Crippen LogP contribution in [0.1, 0.15) is 13.3 Å². The Morgan fingerprint density at radius 2 is 1.86 bits per heavy atom. The maximum absolute atomic E-state index is 12.4. The number of aliphatic hydroxyl groups is 1. The lowest BCUT2D eigenvalue weighted by Crippen LogP contribution is -2.44. The minimum Gasteiger partial charge on any atom is -0.395 e. The molecule has 2 fully saturated rings. The van der Waals surface area contributed by atoms with Gasteiger partial charge in [-0.15, -0.1) is 0 Å². The van der Waals surface area contributed by atoms with E-state index in [0.717, 1.165) is 11.3 Å². The Hall–Kier alpha value is -1.69. The number of rotatable bonds is 5. The van der Waals surface area contributed by atoms with Crippen molar-refractivity contribution in [2.24, 2.45) is 23.7 Å². The number of carbonyl (C=O) groups excluding carboxylic acids is 3. The predicted molar refractivity (Wildman–Crippen MR) is 73.8 cm³/mol. The van der Waals surface area contributed by atoms with Crippen LogP contribution in [0.2, 0.25) is 0 Å². The van der Waals surface area contributed by atoms with E-state index in [4.69, 9.17) is 5.11 Å². The van der Waals surface area contributed by atoms with Crippen LogP contribution in [0.15, 0.2) is 12.2 Å². The van der Waals surface area contributed by atoms with Crippen molar-refractivity contribution < 1.29 is 19.5 Å². The van der Waals surface area contributed by atoms with Gasteiger partial charge >= 0.3 is 0 Å². The molecule has 3 amide bonds. The number of aliphatic hydroxyl groups excluding tert-OH is 1. The third kappa shape index (κ3) is 2.09. The number of nitrogens with zero attached hydrogens (tertiary/aromatic N) is 2. The summed E-state index contributed by atoms with van der Waals surface area (Å²) in [6.45, 7) is 2.17. The highest BCUT2D eigenvalue weighted by Crippen LogP contribution is 2.52. The highest BCUT2D eigenvalue weighted by atomic mass is 16.3. The molecule has 1 saturated heterocycles. The minimum absolute atomic E-state index is 0.124. The Balaban J connectivity index is 1.72. The zero-order valence-corrected chi connectivity index (χ0v) is 12.1. The van der Waals surface area contributed by atoms with Gasteiger partial charge in [0.2, 0.25) is 17.7 Å². The first kappa shape index (κ1) is 14.3. The molecule has 6 nitrogen and oxygen atoms in total. The number of fused-ring (bicyclic) bond motifs is 5. The molecule has 21 heavy (non-hydrogen) atoms. The summed E-state index contributed by atoms with van der Waals surface area (Å²) >= 11 is 0. The van der Waals surface area contributed by atoms with Gasteiger partial charge in [0.05, 0.1) is 18.4 Å². The molecular formula is C15H20N2O4. The van der Waals surface area contributed by atoms with E-state index in [2.05, 4.69) is 0 Å². The number of allylic oxidation sites excluding steroid dienone is 2. The lowest BCUT2D eigenvalue weighted by Gasteiger charge is -2.23. The third-order valence-corrected chi connectivity index (χ3v) is 4.96. The van der Waals surface area contributed by atoms with E-state index in [1.807, 2.05) is 12.2 Å². The molecule has 1 saturated carbocycles. The zero-order chi connectivity index (χ0) is 15.1. The lowest BCUT2D eigenvalue weighted by atomic mass is 9.85. The molecule has 1 aliphatic heterocycles. The van der Waals surface area contributed by atoms with Crippen molar-refractivity contribution in [2.75, 3.05) is 26.2 Å². The molecule has 0 aromatic heterocycles. The van der Waals surface area contributed by atoms with Crippen molar-refractivity contribution in [3.05, 3.63) is 12.2 Å². The van der Waals surface area contributed by atoms with Gasteiger partial charge < -0.3 is 10.0 Å². The number of amides is 3. The molecule has 2 aliphatic carbocycles. The zero-order valence-electron chi connectivity index (χ0n) is 12.1. The Labute approximate surface area is 123 Å². The van der Waals surface area contributed by atoms with Crippen molar-refractivity contribution >= 4 is 17.7 Å². The van der Waals surface area contributed by atoms with Gasteiger partial charge in [-0.25, -0.2) is 0 Å². The van der Waals surface area contributed by atoms with Crippen LogP contribution in [0.5, 0.6) is 0 Å². The molecule has 0 radical (unpaired) electrons. The maximum atomic E-state index is 12.4. The van der Waals surface area contributed by atoms with Gasteiger partial charge in [-0.2, -0.15) is 0 Å². The molecule has 4 atom stereocenters. The van der Waals surface area contributed by atoms with Crippen LogP contribution in [0.3, 0.4) is 0 Å². The van der Waals surface area contributed by atoms with Gasteiger partial charge in [-0.3, -0.25) is 19.3 Å². The second-order valence-corrected chi connectivity index (χ2v) is 5.96. The lowest BCUT2D eigenvalue weighted by molar-refractivity contribution is -0.147. The summed E-state index contributed by atoms with van der Waals surface area (Å²) in [7, 11) is 0. The summed E-state index contributed by atoms with van der Waals surface area (Å²) in [6, 6.07) is 0. The Kier molecular flexibility index (Phi) is 3.57. The molecule has 3 rings (SSSR count). The van der Waals surface area contributed by atoms with Crippen LogP contribution >= 0.6 is 0 Å². The van der Waals surface area contributed by atoms with E-state index in [1.54, 1.807) is 6.92 Å². The predicted octanol–water partition coefficient (Wildman–Crippen LogP) is -0.366. The van der Waals surface area contributed by atoms with Crippen LogP contribution in [0.4, 0.5) is 0 Å². The van der Waals surface area contributed by atoms with E-state index in [0.29, 0.717) is 6.54 Å². The van der Waals surface area contributed by atoms with Gasteiger partial charge in [0.15, 0.2) is 0 Å². The van der Waals surface area contributed by atoms with Crippen LogP contribution in [0, 0.1) is 23.7 Å². The average molecular weight is 292 g/mol. The molecule has 1 N–H and O–H groups in total. The van der Waals surface area contributed by atoms with Crippen molar-refractivity contribution in [2.45, 2.75) is 13.3 Å². The van der Waals surface area contributed by atoms with Crippen LogP contribution in [-0.2, 0) is 14.4 Å². The molecule has 3 aliphatic rings. The molecule has 2 bridgehead atoms.